The Balaban J connectivity index is 1.79. The molecule has 1 aliphatic rings. The van der Waals surface area contributed by atoms with Crippen molar-refractivity contribution in [2.24, 2.45) is 5.73 Å². The van der Waals surface area contributed by atoms with E-state index in [1.807, 2.05) is 0 Å². The lowest BCUT2D eigenvalue weighted by molar-refractivity contribution is -0.112. The molecule has 0 aliphatic carbocycles. The van der Waals surface area contributed by atoms with Crippen LogP contribution < -0.4 is 20.1 Å². The summed E-state index contributed by atoms with van der Waals surface area (Å²) < 4.78 is 10.6. The number of anilines is 1. The molecule has 3 heterocycles. The molecule has 0 amide bonds. The van der Waals surface area contributed by atoms with E-state index >= 15 is 0 Å². The first kappa shape index (κ1) is 15.9. The van der Waals surface area contributed by atoms with Gasteiger partial charge in [0.25, 0.3) is 0 Å². The van der Waals surface area contributed by atoms with Crippen molar-refractivity contribution in [3.8, 4) is 11.5 Å². The number of ether oxygens (including phenoxy) is 2. The average molecular weight is 351 g/mol. The van der Waals surface area contributed by atoms with Gasteiger partial charge in [0, 0.05) is 24.4 Å². The molecule has 3 aromatic rings. The number of carbonyl (C=O) groups is 1. The van der Waals surface area contributed by atoms with Gasteiger partial charge < -0.3 is 25.1 Å². The van der Waals surface area contributed by atoms with Gasteiger partial charge in [0.1, 0.15) is 34.2 Å². The van der Waals surface area contributed by atoms with Crippen LogP contribution in [0.1, 0.15) is 5.82 Å². The van der Waals surface area contributed by atoms with Gasteiger partial charge in [-0.1, -0.05) is 0 Å². The molecule has 0 unspecified atom stereocenters. The number of methoxy groups -OCH3 is 2. The maximum Gasteiger partial charge on any atom is 0.189 e. The first-order valence-corrected chi connectivity index (χ1v) is 7.94. The highest BCUT2D eigenvalue weighted by Crippen LogP contribution is 2.34. The first-order valence-electron chi connectivity index (χ1n) is 7.94. The van der Waals surface area contributed by atoms with Crippen LogP contribution in [0.2, 0.25) is 0 Å². The summed E-state index contributed by atoms with van der Waals surface area (Å²) in [6.45, 7) is 0.118. The van der Waals surface area contributed by atoms with Crippen molar-refractivity contribution in [1.29, 1.82) is 0 Å². The van der Waals surface area contributed by atoms with Crippen molar-refractivity contribution in [1.82, 2.24) is 15.0 Å². The number of hydrogen-bond acceptors (Lipinski definition) is 7. The topological polar surface area (TPSA) is 106 Å². The van der Waals surface area contributed by atoms with E-state index in [2.05, 4.69) is 15.0 Å². The van der Waals surface area contributed by atoms with Crippen LogP contribution in [0.4, 0.5) is 5.69 Å². The van der Waals surface area contributed by atoms with Crippen molar-refractivity contribution in [2.45, 2.75) is 0 Å². The third-order valence-electron chi connectivity index (χ3n) is 4.30. The van der Waals surface area contributed by atoms with Crippen molar-refractivity contribution < 1.29 is 14.3 Å². The standard InChI is InChI=1S/C18H17N5O3/c1-25-11-5-10(6-12(7-11)26-2)23-9-15(24)16(17(23)19)18-21-13-3-4-20-8-14(13)22-18/h3-8H,9,19H2,1-2H3,(H,21,22). The summed E-state index contributed by atoms with van der Waals surface area (Å²) in [5.74, 6) is 1.88. The lowest BCUT2D eigenvalue weighted by atomic mass is 10.2. The molecule has 3 N–H and O–H groups in total. The van der Waals surface area contributed by atoms with Crippen LogP contribution in [0.15, 0.2) is 42.5 Å². The Kier molecular flexibility index (Phi) is 3.72. The van der Waals surface area contributed by atoms with Crippen LogP contribution in [0, 0.1) is 0 Å². The van der Waals surface area contributed by atoms with E-state index < -0.39 is 0 Å². The summed E-state index contributed by atoms with van der Waals surface area (Å²) >= 11 is 0. The van der Waals surface area contributed by atoms with Crippen molar-refractivity contribution in [3.05, 3.63) is 48.3 Å². The second kappa shape index (κ2) is 6.07. The normalized spacial score (nSPS) is 14.4. The molecule has 26 heavy (non-hydrogen) atoms. The molecule has 0 radical (unpaired) electrons. The largest absolute Gasteiger partial charge is 0.497 e. The van der Waals surface area contributed by atoms with Gasteiger partial charge >= 0.3 is 0 Å². The molecule has 2 aromatic heterocycles. The quantitative estimate of drug-likeness (QED) is 0.736. The molecular weight excluding hydrogens is 334 g/mol. The monoisotopic (exact) mass is 351 g/mol. The Labute approximate surface area is 149 Å². The number of nitrogens with one attached hydrogen (secondary N) is 1. The number of H-pyrrole nitrogens is 1. The van der Waals surface area contributed by atoms with Gasteiger partial charge in [0.15, 0.2) is 5.78 Å². The Bertz CT molecular complexity index is 985. The minimum absolute atomic E-state index is 0.115. The van der Waals surface area contributed by atoms with E-state index in [1.54, 1.807) is 55.8 Å². The number of aromatic amines is 1. The molecular formula is C18H17N5O3. The van der Waals surface area contributed by atoms with Crippen LogP contribution in [-0.4, -0.2) is 41.5 Å². The van der Waals surface area contributed by atoms with E-state index in [0.717, 1.165) is 5.52 Å². The minimum Gasteiger partial charge on any atom is -0.497 e. The highest BCUT2D eigenvalue weighted by atomic mass is 16.5. The molecule has 4 rings (SSSR count). The molecule has 1 aliphatic heterocycles. The Hall–Kier alpha value is -3.55. The summed E-state index contributed by atoms with van der Waals surface area (Å²) in [6.07, 6.45) is 3.30. The Morgan fingerprint density at radius 1 is 1.19 bits per heavy atom. The van der Waals surface area contributed by atoms with Gasteiger partial charge in [-0.15, -0.1) is 0 Å². The van der Waals surface area contributed by atoms with Crippen LogP contribution in [-0.2, 0) is 4.79 Å². The minimum atomic E-state index is -0.115. The number of imidazole rings is 1. The summed E-state index contributed by atoms with van der Waals surface area (Å²) in [5.41, 5.74) is 8.86. The molecule has 0 saturated carbocycles. The molecule has 132 valence electrons. The van der Waals surface area contributed by atoms with Gasteiger partial charge in [0.05, 0.1) is 38.2 Å². The SMILES string of the molecule is COc1cc(OC)cc(N2CC(=O)C(c3nc4cnccc4[nH]3)=C2N)c1. The third kappa shape index (κ3) is 2.52. The molecule has 8 heteroatoms. The fourth-order valence-electron chi connectivity index (χ4n) is 2.99. The maximum absolute atomic E-state index is 12.6. The van der Waals surface area contributed by atoms with Crippen LogP contribution in [0.25, 0.3) is 16.6 Å². The number of nitrogens with two attached hydrogens (primary N) is 1. The number of aromatic nitrogens is 3. The van der Waals surface area contributed by atoms with E-state index in [4.69, 9.17) is 15.2 Å². The maximum atomic E-state index is 12.6. The first-order chi connectivity index (χ1) is 12.6. The van der Waals surface area contributed by atoms with E-state index in [1.165, 1.54) is 0 Å². The van der Waals surface area contributed by atoms with Gasteiger partial charge in [-0.25, -0.2) is 4.98 Å². The summed E-state index contributed by atoms with van der Waals surface area (Å²) in [6, 6.07) is 7.16. The number of pyridine rings is 1. The molecule has 0 fully saturated rings. The number of rotatable bonds is 4. The summed E-state index contributed by atoms with van der Waals surface area (Å²) in [4.78, 5) is 26.0. The van der Waals surface area contributed by atoms with E-state index in [-0.39, 0.29) is 12.3 Å². The molecule has 0 atom stereocenters. The van der Waals surface area contributed by atoms with Crippen LogP contribution in [0.3, 0.4) is 0 Å². The van der Waals surface area contributed by atoms with Crippen molar-refractivity contribution in [3.63, 3.8) is 0 Å². The highest BCUT2D eigenvalue weighted by Gasteiger charge is 2.32. The number of ketones is 1. The molecule has 1 aromatic carbocycles. The lowest BCUT2D eigenvalue weighted by Gasteiger charge is -2.20. The third-order valence-corrected chi connectivity index (χ3v) is 4.30. The average Bonchev–Trinajstić information content (AvgIpc) is 3.21. The van der Waals surface area contributed by atoms with Gasteiger partial charge in [-0.3, -0.25) is 9.78 Å². The number of carbonyl (C=O) groups excluding carboxylic acids is 1. The number of benzene rings is 1. The second-order valence-corrected chi connectivity index (χ2v) is 5.82. The number of nitrogens with zero attached hydrogens (tertiary/aromatic N) is 3. The number of Topliss-reactive ketones (excluding diaryl/α,β-unsaturated/α-hetero) is 1. The Morgan fingerprint density at radius 2 is 1.92 bits per heavy atom. The van der Waals surface area contributed by atoms with Gasteiger partial charge in [-0.2, -0.15) is 0 Å². The lowest BCUT2D eigenvalue weighted by Crippen LogP contribution is -2.25. The zero-order chi connectivity index (χ0) is 18.3. The zero-order valence-electron chi connectivity index (χ0n) is 14.3. The Morgan fingerprint density at radius 3 is 2.58 bits per heavy atom. The van der Waals surface area contributed by atoms with Crippen LogP contribution in [0.5, 0.6) is 11.5 Å². The van der Waals surface area contributed by atoms with E-state index in [9.17, 15) is 4.79 Å². The second-order valence-electron chi connectivity index (χ2n) is 5.82. The number of hydrogen-bond donors (Lipinski definition) is 2. The highest BCUT2D eigenvalue weighted by molar-refractivity contribution is 6.26. The fraction of sp³-hybridized carbons (Fsp3) is 0.167. The van der Waals surface area contributed by atoms with Crippen molar-refractivity contribution in [2.75, 3.05) is 25.7 Å². The summed E-state index contributed by atoms with van der Waals surface area (Å²) in [7, 11) is 3.14. The predicted molar refractivity (Wildman–Crippen MR) is 96.9 cm³/mol. The van der Waals surface area contributed by atoms with Crippen molar-refractivity contribution >= 4 is 28.1 Å². The smallest absolute Gasteiger partial charge is 0.189 e. The van der Waals surface area contributed by atoms with Gasteiger partial charge in [0.2, 0.25) is 0 Å². The molecule has 8 nitrogen and oxygen atoms in total. The fourth-order valence-corrected chi connectivity index (χ4v) is 2.99. The van der Waals surface area contributed by atoms with Crippen LogP contribution >= 0.6 is 0 Å². The predicted octanol–water partition coefficient (Wildman–Crippen LogP) is 1.69. The summed E-state index contributed by atoms with van der Waals surface area (Å²) in [5, 5.41) is 0. The van der Waals surface area contributed by atoms with E-state index in [0.29, 0.717) is 39.9 Å². The molecule has 0 spiro atoms. The molecule has 0 bridgehead atoms. The number of fused-ring (bicyclic) bond motifs is 1. The zero-order valence-corrected chi connectivity index (χ0v) is 14.3. The molecule has 0 saturated heterocycles. The van der Waals surface area contributed by atoms with Gasteiger partial charge in [-0.05, 0) is 6.07 Å².